The Morgan fingerprint density at radius 3 is 2.96 bits per heavy atom. The number of nitrogens with one attached hydrogen (secondary N) is 2. The fourth-order valence-electron chi connectivity index (χ4n) is 3.00. The van der Waals surface area contributed by atoms with Gasteiger partial charge in [-0.25, -0.2) is 9.78 Å². The number of aromatic amines is 1. The first-order chi connectivity index (χ1) is 12.4. The molecular formula is C17H24N6O2S. The van der Waals surface area contributed by atoms with E-state index in [4.69, 9.17) is 0 Å². The number of likely N-dealkylation sites (N-methyl/N-ethyl adjacent to an activating group) is 1. The number of hydrogen-bond acceptors (Lipinski definition) is 6. The van der Waals surface area contributed by atoms with E-state index in [2.05, 4.69) is 20.2 Å². The molecule has 3 rings (SSSR count). The predicted octanol–water partition coefficient (Wildman–Crippen LogP) is 1.64. The highest BCUT2D eigenvalue weighted by Crippen LogP contribution is 2.19. The van der Waals surface area contributed by atoms with E-state index in [9.17, 15) is 9.59 Å². The number of thiophene rings is 1. The first-order valence-corrected chi connectivity index (χ1v) is 9.42. The van der Waals surface area contributed by atoms with Crippen LogP contribution >= 0.6 is 11.3 Å². The van der Waals surface area contributed by atoms with Crippen LogP contribution < -0.4 is 15.8 Å². The Kier molecular flexibility index (Phi) is 5.58. The summed E-state index contributed by atoms with van der Waals surface area (Å²) in [6, 6.07) is 3.60. The standard InChI is InChI=1S/C17H24N6O2S/c1-21(2)16-18-13(8-15(24)20-16)9-22(3)14-4-6-23(10-14)17(25)19-12-5-7-26-11-12/h5,7-8,11,14H,4,6,9-10H2,1-3H3,(H,19,25)(H,18,20,24). The molecule has 8 nitrogen and oxygen atoms in total. The molecule has 2 aromatic rings. The first-order valence-electron chi connectivity index (χ1n) is 8.48. The van der Waals surface area contributed by atoms with E-state index in [1.807, 2.05) is 42.9 Å². The Morgan fingerprint density at radius 2 is 2.27 bits per heavy atom. The molecule has 1 atom stereocenters. The maximum atomic E-state index is 12.3. The Balaban J connectivity index is 1.58. The van der Waals surface area contributed by atoms with Gasteiger partial charge in [-0.2, -0.15) is 11.3 Å². The zero-order valence-corrected chi connectivity index (χ0v) is 16.0. The lowest BCUT2D eigenvalue weighted by Gasteiger charge is -2.24. The van der Waals surface area contributed by atoms with Crippen LogP contribution in [0.1, 0.15) is 12.1 Å². The van der Waals surface area contributed by atoms with Gasteiger partial charge in [-0.05, 0) is 24.9 Å². The molecule has 0 bridgehead atoms. The lowest BCUT2D eigenvalue weighted by molar-refractivity contribution is 0.207. The number of amides is 2. The van der Waals surface area contributed by atoms with Crippen molar-refractivity contribution in [3.05, 3.63) is 38.9 Å². The summed E-state index contributed by atoms with van der Waals surface area (Å²) in [7, 11) is 5.68. The van der Waals surface area contributed by atoms with Gasteiger partial charge in [-0.15, -0.1) is 0 Å². The predicted molar refractivity (Wildman–Crippen MR) is 104 cm³/mol. The van der Waals surface area contributed by atoms with Crippen molar-refractivity contribution in [1.82, 2.24) is 19.8 Å². The monoisotopic (exact) mass is 376 g/mol. The molecular weight excluding hydrogens is 352 g/mol. The lowest BCUT2D eigenvalue weighted by atomic mass is 10.2. The van der Waals surface area contributed by atoms with E-state index >= 15 is 0 Å². The summed E-state index contributed by atoms with van der Waals surface area (Å²) in [6.45, 7) is 1.95. The van der Waals surface area contributed by atoms with Crippen molar-refractivity contribution < 1.29 is 4.79 Å². The molecule has 1 aliphatic rings. The van der Waals surface area contributed by atoms with Crippen LogP contribution in [0.4, 0.5) is 16.4 Å². The van der Waals surface area contributed by atoms with Crippen molar-refractivity contribution in [2.45, 2.75) is 19.0 Å². The summed E-state index contributed by atoms with van der Waals surface area (Å²) >= 11 is 1.56. The van der Waals surface area contributed by atoms with Crippen LogP contribution in [0.15, 0.2) is 27.7 Å². The summed E-state index contributed by atoms with van der Waals surface area (Å²) in [6.07, 6.45) is 0.900. The SMILES string of the molecule is CN(C)c1nc(CN(C)C2CCN(C(=O)Nc3ccsc3)C2)cc(=O)[nH]1. The zero-order chi connectivity index (χ0) is 18.7. The molecule has 2 amide bonds. The van der Waals surface area contributed by atoms with E-state index < -0.39 is 0 Å². The smallest absolute Gasteiger partial charge is 0.321 e. The number of nitrogens with zero attached hydrogens (tertiary/aromatic N) is 4. The second-order valence-electron chi connectivity index (χ2n) is 6.70. The molecule has 0 radical (unpaired) electrons. The normalized spacial score (nSPS) is 16.9. The highest BCUT2D eigenvalue weighted by atomic mass is 32.1. The molecule has 1 unspecified atom stereocenters. The Morgan fingerprint density at radius 1 is 1.46 bits per heavy atom. The summed E-state index contributed by atoms with van der Waals surface area (Å²) < 4.78 is 0. The van der Waals surface area contributed by atoms with Gasteiger partial charge in [0.15, 0.2) is 0 Å². The van der Waals surface area contributed by atoms with E-state index in [0.29, 0.717) is 19.0 Å². The van der Waals surface area contributed by atoms with Crippen molar-refractivity contribution in [2.24, 2.45) is 0 Å². The summed E-state index contributed by atoms with van der Waals surface area (Å²) in [4.78, 5) is 37.1. The van der Waals surface area contributed by atoms with Gasteiger partial charge < -0.3 is 15.1 Å². The Labute approximate surface area is 156 Å². The molecule has 0 aliphatic carbocycles. The van der Waals surface area contributed by atoms with Crippen LogP contribution in [-0.2, 0) is 6.54 Å². The van der Waals surface area contributed by atoms with Gasteiger partial charge in [-0.1, -0.05) is 0 Å². The van der Waals surface area contributed by atoms with Gasteiger partial charge >= 0.3 is 6.03 Å². The number of anilines is 2. The molecule has 0 aromatic carbocycles. The van der Waals surface area contributed by atoms with Gasteiger partial charge in [0.2, 0.25) is 5.95 Å². The number of aromatic nitrogens is 2. The molecule has 0 spiro atoms. The summed E-state index contributed by atoms with van der Waals surface area (Å²) in [5.74, 6) is 0.545. The van der Waals surface area contributed by atoms with E-state index in [0.717, 1.165) is 24.3 Å². The fraction of sp³-hybridized carbons (Fsp3) is 0.471. The van der Waals surface area contributed by atoms with E-state index in [-0.39, 0.29) is 17.6 Å². The molecule has 0 saturated carbocycles. The lowest BCUT2D eigenvalue weighted by Crippen LogP contribution is -2.38. The number of urea groups is 1. The summed E-state index contributed by atoms with van der Waals surface area (Å²) in [5, 5.41) is 6.77. The Hall–Kier alpha value is -2.39. The molecule has 1 fully saturated rings. The van der Waals surface area contributed by atoms with Crippen molar-refractivity contribution in [3.8, 4) is 0 Å². The van der Waals surface area contributed by atoms with Crippen LogP contribution in [-0.4, -0.2) is 66.1 Å². The van der Waals surface area contributed by atoms with Gasteiger partial charge in [0.25, 0.3) is 5.56 Å². The van der Waals surface area contributed by atoms with Crippen molar-refractivity contribution in [3.63, 3.8) is 0 Å². The highest BCUT2D eigenvalue weighted by Gasteiger charge is 2.29. The number of rotatable bonds is 5. The Bertz CT molecular complexity index is 804. The van der Waals surface area contributed by atoms with Crippen LogP contribution in [0, 0.1) is 0 Å². The molecule has 2 N–H and O–H groups in total. The maximum absolute atomic E-state index is 12.3. The van der Waals surface area contributed by atoms with Crippen molar-refractivity contribution in [2.75, 3.05) is 44.4 Å². The molecule has 140 valence electrons. The third kappa shape index (κ3) is 4.41. The summed E-state index contributed by atoms with van der Waals surface area (Å²) in [5.41, 5.74) is 1.40. The van der Waals surface area contributed by atoms with Crippen LogP contribution in [0.2, 0.25) is 0 Å². The van der Waals surface area contributed by atoms with Crippen molar-refractivity contribution in [1.29, 1.82) is 0 Å². The van der Waals surface area contributed by atoms with Crippen LogP contribution in [0.3, 0.4) is 0 Å². The van der Waals surface area contributed by atoms with Crippen LogP contribution in [0.5, 0.6) is 0 Å². The third-order valence-corrected chi connectivity index (χ3v) is 5.15. The van der Waals surface area contributed by atoms with E-state index in [1.54, 1.807) is 16.2 Å². The second kappa shape index (κ2) is 7.88. The van der Waals surface area contributed by atoms with Gasteiger partial charge in [0, 0.05) is 51.2 Å². The quantitative estimate of drug-likeness (QED) is 0.829. The number of carbonyl (C=O) groups excluding carboxylic acids is 1. The largest absolute Gasteiger partial charge is 0.348 e. The zero-order valence-electron chi connectivity index (χ0n) is 15.2. The number of carbonyl (C=O) groups is 1. The first kappa shape index (κ1) is 18.4. The fourth-order valence-corrected chi connectivity index (χ4v) is 3.58. The van der Waals surface area contributed by atoms with E-state index in [1.165, 1.54) is 6.07 Å². The molecule has 26 heavy (non-hydrogen) atoms. The molecule has 9 heteroatoms. The minimum absolute atomic E-state index is 0.0662. The van der Waals surface area contributed by atoms with Crippen molar-refractivity contribution >= 4 is 29.0 Å². The topological polar surface area (TPSA) is 84.6 Å². The average Bonchev–Trinajstić information content (AvgIpc) is 3.25. The third-order valence-electron chi connectivity index (χ3n) is 4.46. The van der Waals surface area contributed by atoms with Gasteiger partial charge in [0.1, 0.15) is 0 Å². The molecule has 3 heterocycles. The maximum Gasteiger partial charge on any atom is 0.321 e. The van der Waals surface area contributed by atoms with Gasteiger partial charge in [0.05, 0.1) is 11.4 Å². The number of H-pyrrole nitrogens is 1. The minimum atomic E-state index is -0.157. The average molecular weight is 376 g/mol. The molecule has 2 aromatic heterocycles. The second-order valence-corrected chi connectivity index (χ2v) is 7.48. The van der Waals surface area contributed by atoms with Crippen LogP contribution in [0.25, 0.3) is 0 Å². The molecule has 1 saturated heterocycles. The van der Waals surface area contributed by atoms with Gasteiger partial charge in [-0.3, -0.25) is 14.7 Å². The molecule has 1 aliphatic heterocycles. The number of hydrogen-bond donors (Lipinski definition) is 2. The number of likely N-dealkylation sites (tertiary alicyclic amines) is 1. The highest BCUT2D eigenvalue weighted by molar-refractivity contribution is 7.08. The minimum Gasteiger partial charge on any atom is -0.348 e.